The third kappa shape index (κ3) is 6.31. The van der Waals surface area contributed by atoms with Crippen LogP contribution in [-0.2, 0) is 6.54 Å². The van der Waals surface area contributed by atoms with Crippen molar-refractivity contribution < 1.29 is 9.21 Å². The van der Waals surface area contributed by atoms with Crippen LogP contribution in [0.15, 0.2) is 16.7 Å². The third-order valence-corrected chi connectivity index (χ3v) is 3.53. The summed E-state index contributed by atoms with van der Waals surface area (Å²) in [5.41, 5.74) is 2.69. The molecule has 120 valence electrons. The average molecular weight is 295 g/mol. The van der Waals surface area contributed by atoms with Crippen molar-refractivity contribution in [2.45, 2.75) is 47.1 Å². The Morgan fingerprint density at radius 1 is 1.24 bits per heavy atom. The first-order valence-electron chi connectivity index (χ1n) is 7.73. The van der Waals surface area contributed by atoms with Crippen molar-refractivity contribution in [1.82, 2.24) is 10.3 Å². The number of nitrogen functional groups attached to an aromatic ring is 1. The molecule has 0 atom stereocenters. The van der Waals surface area contributed by atoms with Crippen molar-refractivity contribution in [3.63, 3.8) is 0 Å². The minimum absolute atomic E-state index is 0.300. The van der Waals surface area contributed by atoms with Crippen LogP contribution in [0.1, 0.15) is 56.7 Å². The van der Waals surface area contributed by atoms with E-state index in [1.165, 1.54) is 0 Å². The first-order valence-corrected chi connectivity index (χ1v) is 7.73. The number of nitrogens with zero attached hydrogens (tertiary/aromatic N) is 1. The molecule has 5 nitrogen and oxygen atoms in total. The Kier molecular flexibility index (Phi) is 7.47. The van der Waals surface area contributed by atoms with Gasteiger partial charge < -0.3 is 4.42 Å². The van der Waals surface area contributed by atoms with E-state index in [0.717, 1.165) is 25.9 Å². The molecule has 1 heterocycles. The Morgan fingerprint density at radius 3 is 2.29 bits per heavy atom. The Hall–Kier alpha value is -1.33. The van der Waals surface area contributed by atoms with Crippen LogP contribution in [0, 0.1) is 11.8 Å². The quantitative estimate of drug-likeness (QED) is 0.417. The van der Waals surface area contributed by atoms with Gasteiger partial charge in [-0.3, -0.25) is 15.1 Å². The molecule has 0 spiro atoms. The van der Waals surface area contributed by atoms with Gasteiger partial charge in [-0.2, -0.15) is 0 Å². The van der Waals surface area contributed by atoms with E-state index in [-0.39, 0.29) is 5.91 Å². The number of carbonyl (C=O) groups excluding carboxylic acids is 1. The van der Waals surface area contributed by atoms with Gasteiger partial charge in [-0.25, -0.2) is 5.84 Å². The van der Waals surface area contributed by atoms with Crippen LogP contribution in [0.3, 0.4) is 0 Å². The van der Waals surface area contributed by atoms with E-state index < -0.39 is 0 Å². The minimum atomic E-state index is -0.300. The third-order valence-electron chi connectivity index (χ3n) is 3.53. The molecule has 1 aromatic heterocycles. The second kappa shape index (κ2) is 8.85. The van der Waals surface area contributed by atoms with E-state index in [2.05, 4.69) is 38.0 Å². The number of hydrogen-bond acceptors (Lipinski definition) is 4. The maximum atomic E-state index is 11.7. The van der Waals surface area contributed by atoms with E-state index >= 15 is 0 Å². The molecule has 0 aromatic carbocycles. The Balaban J connectivity index is 2.70. The topological polar surface area (TPSA) is 71.5 Å². The number of hydrazine groups is 1. The Labute approximate surface area is 127 Å². The number of nitrogens with one attached hydrogen (secondary N) is 1. The van der Waals surface area contributed by atoms with Crippen molar-refractivity contribution in [3.8, 4) is 0 Å². The summed E-state index contributed by atoms with van der Waals surface area (Å²) >= 11 is 0. The number of amides is 1. The number of carbonyl (C=O) groups is 1. The number of rotatable bonds is 9. The average Bonchev–Trinajstić information content (AvgIpc) is 2.88. The monoisotopic (exact) mass is 295 g/mol. The summed E-state index contributed by atoms with van der Waals surface area (Å²) in [6, 6.07) is 1.67. The van der Waals surface area contributed by atoms with E-state index in [1.54, 1.807) is 12.3 Å². The van der Waals surface area contributed by atoms with Gasteiger partial charge >= 0.3 is 0 Å². The smallest absolute Gasteiger partial charge is 0.268 e. The van der Waals surface area contributed by atoms with Crippen LogP contribution in [-0.4, -0.2) is 23.9 Å². The molecule has 0 saturated heterocycles. The molecule has 0 radical (unpaired) electrons. The summed E-state index contributed by atoms with van der Waals surface area (Å²) in [4.78, 5) is 14.0. The lowest BCUT2D eigenvalue weighted by atomic mass is 10.1. The first kappa shape index (κ1) is 17.7. The molecule has 0 saturated carbocycles. The molecule has 5 heteroatoms. The summed E-state index contributed by atoms with van der Waals surface area (Å²) in [7, 11) is 0. The molecule has 1 rings (SSSR count). The zero-order chi connectivity index (χ0) is 15.8. The van der Waals surface area contributed by atoms with Gasteiger partial charge in [0.2, 0.25) is 0 Å². The van der Waals surface area contributed by atoms with Crippen LogP contribution in [0.25, 0.3) is 0 Å². The van der Waals surface area contributed by atoms with Crippen LogP contribution in [0.5, 0.6) is 0 Å². The largest absolute Gasteiger partial charge is 0.467 e. The van der Waals surface area contributed by atoms with Gasteiger partial charge in [-0.1, -0.05) is 27.7 Å². The summed E-state index contributed by atoms with van der Waals surface area (Å²) in [6.45, 7) is 11.6. The van der Waals surface area contributed by atoms with Crippen LogP contribution >= 0.6 is 0 Å². The van der Waals surface area contributed by atoms with Gasteiger partial charge in [-0.05, 0) is 43.8 Å². The Morgan fingerprint density at radius 2 is 1.81 bits per heavy atom. The maximum Gasteiger partial charge on any atom is 0.268 e. The van der Waals surface area contributed by atoms with E-state index in [9.17, 15) is 4.79 Å². The predicted octanol–water partition coefficient (Wildman–Crippen LogP) is 2.78. The Bertz CT molecular complexity index is 415. The normalized spacial score (nSPS) is 11.6. The van der Waals surface area contributed by atoms with Gasteiger partial charge in [0, 0.05) is 0 Å². The highest BCUT2D eigenvalue weighted by molar-refractivity contribution is 5.94. The van der Waals surface area contributed by atoms with Crippen molar-refractivity contribution in [2.24, 2.45) is 17.7 Å². The fourth-order valence-corrected chi connectivity index (χ4v) is 2.10. The lowest BCUT2D eigenvalue weighted by Gasteiger charge is -2.23. The molecular weight excluding hydrogens is 266 g/mol. The molecule has 0 unspecified atom stereocenters. The summed E-state index contributed by atoms with van der Waals surface area (Å²) in [6.07, 6.45) is 3.82. The van der Waals surface area contributed by atoms with Crippen LogP contribution in [0.4, 0.5) is 0 Å². The highest BCUT2D eigenvalue weighted by atomic mass is 16.3. The zero-order valence-corrected chi connectivity index (χ0v) is 13.7. The fourth-order valence-electron chi connectivity index (χ4n) is 2.10. The van der Waals surface area contributed by atoms with Gasteiger partial charge in [0.25, 0.3) is 5.91 Å². The van der Waals surface area contributed by atoms with Crippen molar-refractivity contribution in [2.75, 3.05) is 13.1 Å². The molecule has 0 aliphatic carbocycles. The maximum absolute atomic E-state index is 11.7. The molecule has 0 bridgehead atoms. The van der Waals surface area contributed by atoms with Gasteiger partial charge in [-0.15, -0.1) is 0 Å². The summed E-state index contributed by atoms with van der Waals surface area (Å²) < 4.78 is 5.47. The number of hydrogen-bond donors (Lipinski definition) is 2. The van der Waals surface area contributed by atoms with Crippen LogP contribution < -0.4 is 11.3 Å². The highest BCUT2D eigenvalue weighted by Gasteiger charge is 2.17. The van der Waals surface area contributed by atoms with E-state index in [1.807, 2.05) is 0 Å². The second-order valence-corrected chi connectivity index (χ2v) is 6.37. The van der Waals surface area contributed by atoms with Gasteiger partial charge in [0.1, 0.15) is 5.76 Å². The van der Waals surface area contributed by atoms with E-state index in [0.29, 0.717) is 29.7 Å². The summed E-state index contributed by atoms with van der Waals surface area (Å²) in [5, 5.41) is 0. The zero-order valence-electron chi connectivity index (χ0n) is 13.7. The minimum Gasteiger partial charge on any atom is -0.467 e. The number of nitrogens with two attached hydrogens (primary N) is 1. The highest BCUT2D eigenvalue weighted by Crippen LogP contribution is 2.15. The second-order valence-electron chi connectivity index (χ2n) is 6.37. The lowest BCUT2D eigenvalue weighted by molar-refractivity contribution is 0.0949. The first-order chi connectivity index (χ1) is 9.93. The van der Waals surface area contributed by atoms with Gasteiger partial charge in [0.15, 0.2) is 0 Å². The van der Waals surface area contributed by atoms with Gasteiger partial charge in [0.05, 0.1) is 18.4 Å². The fraction of sp³-hybridized carbons (Fsp3) is 0.688. The molecule has 1 aromatic rings. The molecule has 0 aliphatic heterocycles. The van der Waals surface area contributed by atoms with Crippen molar-refractivity contribution >= 4 is 5.91 Å². The molecule has 21 heavy (non-hydrogen) atoms. The lowest BCUT2D eigenvalue weighted by Crippen LogP contribution is -2.32. The van der Waals surface area contributed by atoms with Crippen molar-refractivity contribution in [3.05, 3.63) is 23.7 Å². The van der Waals surface area contributed by atoms with Crippen molar-refractivity contribution in [1.29, 1.82) is 0 Å². The number of furan rings is 1. The van der Waals surface area contributed by atoms with E-state index in [4.69, 9.17) is 10.3 Å². The molecular formula is C16H29N3O2. The molecule has 0 fully saturated rings. The SMILES string of the molecule is CC(C)CCN(CCC(C)C)Cc1occc1C(=O)NN. The standard InChI is InChI=1S/C16H29N3O2/c1-12(2)5-8-19(9-6-13(3)4)11-15-14(7-10-21-15)16(20)18-17/h7,10,12-13H,5-6,8-9,11,17H2,1-4H3,(H,18,20). The predicted molar refractivity (Wildman–Crippen MR) is 84.5 cm³/mol. The summed E-state index contributed by atoms with van der Waals surface area (Å²) in [5.74, 6) is 6.91. The molecule has 3 N–H and O–H groups in total. The molecule has 0 aliphatic rings. The van der Waals surface area contributed by atoms with Crippen LogP contribution in [0.2, 0.25) is 0 Å². The molecule has 1 amide bonds.